The maximum Gasteiger partial charge on any atom is 0.175 e. The molecule has 0 atom stereocenters. The molecule has 1 aromatic heterocycles. The van der Waals surface area contributed by atoms with Gasteiger partial charge in [0.25, 0.3) is 0 Å². The van der Waals surface area contributed by atoms with Crippen LogP contribution in [-0.2, 0) is 0 Å². The van der Waals surface area contributed by atoms with Crippen molar-refractivity contribution in [1.82, 2.24) is 0 Å². The van der Waals surface area contributed by atoms with Crippen molar-refractivity contribution in [2.45, 2.75) is 20.8 Å². The minimum atomic E-state index is -0.468. The summed E-state index contributed by atoms with van der Waals surface area (Å²) in [7, 11) is 0. The van der Waals surface area contributed by atoms with Gasteiger partial charge in [0, 0.05) is 16.4 Å². The highest BCUT2D eigenvalue weighted by Gasteiger charge is 2.16. The lowest BCUT2D eigenvalue weighted by Gasteiger charge is -2.03. The first-order chi connectivity index (χ1) is 8.90. The Hall–Kier alpha value is -1.55. The number of Topliss-reactive ketones (excluding diaryl/α,β-unsaturated/α-hetero) is 1. The molecule has 0 bridgehead atoms. The minimum Gasteiger partial charge on any atom is -0.293 e. The molecule has 0 fully saturated rings. The van der Waals surface area contributed by atoms with Gasteiger partial charge in [-0.2, -0.15) is 0 Å². The Labute approximate surface area is 114 Å². The molecule has 0 aliphatic heterocycles. The van der Waals surface area contributed by atoms with Gasteiger partial charge < -0.3 is 0 Å². The zero-order chi connectivity index (χ0) is 14.2. The van der Waals surface area contributed by atoms with Gasteiger partial charge >= 0.3 is 0 Å². The number of carbonyl (C=O) groups is 1. The summed E-state index contributed by atoms with van der Waals surface area (Å²) >= 11 is 1.19. The fourth-order valence-corrected chi connectivity index (χ4v) is 2.85. The highest BCUT2D eigenvalue weighted by molar-refractivity contribution is 7.17. The topological polar surface area (TPSA) is 17.1 Å². The van der Waals surface area contributed by atoms with Crippen LogP contribution in [0, 0.1) is 24.5 Å². The van der Waals surface area contributed by atoms with E-state index in [2.05, 4.69) is 0 Å². The van der Waals surface area contributed by atoms with Gasteiger partial charge in [-0.25, -0.2) is 8.78 Å². The van der Waals surface area contributed by atoms with E-state index in [1.165, 1.54) is 30.4 Å². The highest BCUT2D eigenvalue weighted by Crippen LogP contribution is 2.32. The smallest absolute Gasteiger partial charge is 0.175 e. The van der Waals surface area contributed by atoms with Gasteiger partial charge in [0.2, 0.25) is 0 Å². The van der Waals surface area contributed by atoms with Crippen molar-refractivity contribution in [2.75, 3.05) is 0 Å². The summed E-state index contributed by atoms with van der Waals surface area (Å²) < 4.78 is 27.3. The number of benzene rings is 1. The number of hydrogen-bond acceptors (Lipinski definition) is 2. The number of ketones is 1. The molecule has 0 spiro atoms. The van der Waals surface area contributed by atoms with Crippen LogP contribution in [0.2, 0.25) is 0 Å². The zero-order valence-electron chi connectivity index (χ0n) is 11.0. The van der Waals surface area contributed by atoms with Crippen LogP contribution < -0.4 is 0 Å². The summed E-state index contributed by atoms with van der Waals surface area (Å²) in [5, 5.41) is 0. The van der Waals surface area contributed by atoms with Crippen LogP contribution in [0.1, 0.15) is 29.1 Å². The van der Waals surface area contributed by atoms with Crippen molar-refractivity contribution >= 4 is 17.1 Å². The monoisotopic (exact) mass is 280 g/mol. The van der Waals surface area contributed by atoms with Gasteiger partial charge in [-0.15, -0.1) is 11.3 Å². The van der Waals surface area contributed by atoms with Gasteiger partial charge in [0.15, 0.2) is 5.78 Å². The molecule has 1 nitrogen and oxygen atoms in total. The summed E-state index contributed by atoms with van der Waals surface area (Å²) in [6, 6.07) is 5.68. The zero-order valence-corrected chi connectivity index (χ0v) is 11.8. The van der Waals surface area contributed by atoms with Crippen LogP contribution in [0.15, 0.2) is 24.3 Å². The third kappa shape index (κ3) is 2.73. The lowest BCUT2D eigenvalue weighted by atomic mass is 10.1. The first-order valence-electron chi connectivity index (χ1n) is 6.00. The fraction of sp³-hybridized carbons (Fsp3) is 0.267. The van der Waals surface area contributed by atoms with Crippen molar-refractivity contribution in [3.05, 3.63) is 46.3 Å². The first-order valence-corrected chi connectivity index (χ1v) is 6.82. The molecule has 4 heteroatoms. The molecule has 0 aliphatic carbocycles. The Kier molecular flexibility index (Phi) is 3.80. The molecule has 0 amide bonds. The second-order valence-electron chi connectivity index (χ2n) is 4.76. The Morgan fingerprint density at radius 2 is 1.84 bits per heavy atom. The minimum absolute atomic E-state index is 0.0178. The van der Waals surface area contributed by atoms with Gasteiger partial charge in [0.1, 0.15) is 11.6 Å². The molecule has 0 aliphatic rings. The van der Waals surface area contributed by atoms with E-state index in [-0.39, 0.29) is 22.8 Å². The second kappa shape index (κ2) is 5.21. The molecule has 0 saturated carbocycles. The van der Waals surface area contributed by atoms with Crippen molar-refractivity contribution in [1.29, 1.82) is 0 Å². The quantitative estimate of drug-likeness (QED) is 0.735. The van der Waals surface area contributed by atoms with Crippen molar-refractivity contribution in [3.8, 4) is 10.4 Å². The molecule has 0 radical (unpaired) electrons. The van der Waals surface area contributed by atoms with Crippen molar-refractivity contribution in [2.24, 2.45) is 5.92 Å². The molecule has 1 heterocycles. The van der Waals surface area contributed by atoms with E-state index in [0.29, 0.717) is 9.75 Å². The van der Waals surface area contributed by atoms with E-state index in [0.717, 1.165) is 0 Å². The maximum atomic E-state index is 13.8. The number of thiophene rings is 1. The number of hydrogen-bond donors (Lipinski definition) is 0. The van der Waals surface area contributed by atoms with Gasteiger partial charge in [-0.05, 0) is 36.8 Å². The number of halogens is 2. The normalized spacial score (nSPS) is 11.1. The molecule has 2 aromatic rings. The third-order valence-electron chi connectivity index (χ3n) is 2.89. The summed E-state index contributed by atoms with van der Waals surface area (Å²) in [6.07, 6.45) is 0. The molecule has 2 rings (SSSR count). The van der Waals surface area contributed by atoms with Crippen LogP contribution in [0.25, 0.3) is 10.4 Å². The van der Waals surface area contributed by atoms with Crippen LogP contribution in [0.5, 0.6) is 0 Å². The van der Waals surface area contributed by atoms with E-state index in [1.54, 1.807) is 12.1 Å². The standard InChI is InChI=1S/C15H14F2OS/c1-8(2)15(18)14-5-4-13(19-14)10-7-11(16)9(3)6-12(10)17/h4-8H,1-3H3. The third-order valence-corrected chi connectivity index (χ3v) is 4.02. The number of carbonyl (C=O) groups excluding carboxylic acids is 1. The first kappa shape index (κ1) is 13.9. The summed E-state index contributed by atoms with van der Waals surface area (Å²) in [6.45, 7) is 5.14. The van der Waals surface area contributed by atoms with Crippen LogP contribution in [0.3, 0.4) is 0 Å². The number of rotatable bonds is 3. The van der Waals surface area contributed by atoms with Gasteiger partial charge in [-0.3, -0.25) is 4.79 Å². The summed E-state index contributed by atoms with van der Waals surface area (Å²) in [5.74, 6) is -0.999. The van der Waals surface area contributed by atoms with Crippen molar-refractivity contribution < 1.29 is 13.6 Å². The SMILES string of the molecule is Cc1cc(F)c(-c2ccc(C(=O)C(C)C)s2)cc1F. The molecule has 0 N–H and O–H groups in total. The largest absolute Gasteiger partial charge is 0.293 e. The Morgan fingerprint density at radius 3 is 2.47 bits per heavy atom. The van der Waals surface area contributed by atoms with Gasteiger partial charge in [-0.1, -0.05) is 13.8 Å². The Balaban J connectivity index is 2.44. The Bertz CT molecular complexity index is 629. The highest BCUT2D eigenvalue weighted by atomic mass is 32.1. The van der Waals surface area contributed by atoms with Crippen LogP contribution in [-0.4, -0.2) is 5.78 Å². The second-order valence-corrected chi connectivity index (χ2v) is 5.85. The lowest BCUT2D eigenvalue weighted by molar-refractivity contribution is 0.0943. The van der Waals surface area contributed by atoms with Gasteiger partial charge in [0.05, 0.1) is 4.88 Å². The molecule has 0 saturated heterocycles. The summed E-state index contributed by atoms with van der Waals surface area (Å²) in [4.78, 5) is 13.0. The predicted octanol–water partition coefficient (Wildman–Crippen LogP) is 4.84. The molecule has 19 heavy (non-hydrogen) atoms. The van der Waals surface area contributed by atoms with Crippen molar-refractivity contribution in [3.63, 3.8) is 0 Å². The van der Waals surface area contributed by atoms with Crippen LogP contribution in [0.4, 0.5) is 8.78 Å². The molecular formula is C15H14F2OS. The molecular weight excluding hydrogens is 266 g/mol. The van der Waals surface area contributed by atoms with E-state index >= 15 is 0 Å². The molecule has 1 aromatic carbocycles. The van der Waals surface area contributed by atoms with E-state index in [4.69, 9.17) is 0 Å². The van der Waals surface area contributed by atoms with E-state index in [9.17, 15) is 13.6 Å². The van der Waals surface area contributed by atoms with E-state index in [1.807, 2.05) is 13.8 Å². The molecule has 0 unspecified atom stereocenters. The predicted molar refractivity (Wildman–Crippen MR) is 73.6 cm³/mol. The Morgan fingerprint density at radius 1 is 1.16 bits per heavy atom. The van der Waals surface area contributed by atoms with E-state index < -0.39 is 11.6 Å². The fourth-order valence-electron chi connectivity index (χ4n) is 1.73. The average Bonchev–Trinajstić information content (AvgIpc) is 2.81. The van der Waals surface area contributed by atoms with Crippen LogP contribution >= 0.6 is 11.3 Å². The maximum absolute atomic E-state index is 13.8. The average molecular weight is 280 g/mol. The summed E-state index contributed by atoms with van der Waals surface area (Å²) in [5.41, 5.74) is 0.479. The molecule has 100 valence electrons. The lowest BCUT2D eigenvalue weighted by Crippen LogP contribution is -2.04. The number of aryl methyl sites for hydroxylation is 1.